The molecule has 0 aromatic heterocycles. The van der Waals surface area contributed by atoms with E-state index in [4.69, 9.17) is 4.74 Å². The molecule has 1 aliphatic carbocycles. The van der Waals surface area contributed by atoms with Crippen molar-refractivity contribution in [2.24, 2.45) is 0 Å². The summed E-state index contributed by atoms with van der Waals surface area (Å²) >= 11 is 0. The number of carbonyl (C=O) groups excluding carboxylic acids is 2. The van der Waals surface area contributed by atoms with Gasteiger partial charge in [0.15, 0.2) is 11.6 Å². The molecule has 0 aliphatic heterocycles. The first kappa shape index (κ1) is 18.4. The van der Waals surface area contributed by atoms with Crippen molar-refractivity contribution in [1.82, 2.24) is 4.72 Å². The van der Waals surface area contributed by atoms with E-state index in [1.165, 1.54) is 25.3 Å². The molecule has 3 rings (SSSR count). The predicted molar refractivity (Wildman–Crippen MR) is 96.0 cm³/mol. The molecule has 0 heterocycles. The second-order valence-corrected chi connectivity index (χ2v) is 7.81. The lowest BCUT2D eigenvalue weighted by molar-refractivity contribution is 0.0979. The van der Waals surface area contributed by atoms with Crippen molar-refractivity contribution in [2.45, 2.75) is 24.3 Å². The van der Waals surface area contributed by atoms with Crippen LogP contribution in [0.15, 0.2) is 47.4 Å². The van der Waals surface area contributed by atoms with Gasteiger partial charge in [-0.2, -0.15) is 0 Å². The van der Waals surface area contributed by atoms with Crippen LogP contribution in [0.5, 0.6) is 0 Å². The van der Waals surface area contributed by atoms with Crippen molar-refractivity contribution >= 4 is 21.6 Å². The van der Waals surface area contributed by atoms with Gasteiger partial charge in [0.25, 0.3) is 0 Å². The monoisotopic (exact) mass is 373 g/mol. The molecule has 0 amide bonds. The molecule has 0 saturated carbocycles. The highest BCUT2D eigenvalue weighted by molar-refractivity contribution is 7.89. The minimum absolute atomic E-state index is 0.0497. The molecule has 136 valence electrons. The van der Waals surface area contributed by atoms with Crippen molar-refractivity contribution < 1.29 is 22.7 Å². The van der Waals surface area contributed by atoms with Gasteiger partial charge in [-0.05, 0) is 24.6 Å². The Morgan fingerprint density at radius 1 is 0.962 bits per heavy atom. The van der Waals surface area contributed by atoms with Gasteiger partial charge in [0.1, 0.15) is 0 Å². The zero-order valence-corrected chi connectivity index (χ0v) is 15.3. The Hall–Kier alpha value is -2.35. The molecule has 26 heavy (non-hydrogen) atoms. The van der Waals surface area contributed by atoms with E-state index in [2.05, 4.69) is 4.72 Å². The van der Waals surface area contributed by atoms with Crippen LogP contribution in [0.25, 0.3) is 0 Å². The maximum Gasteiger partial charge on any atom is 0.240 e. The zero-order valence-electron chi connectivity index (χ0n) is 14.5. The van der Waals surface area contributed by atoms with E-state index < -0.39 is 10.0 Å². The van der Waals surface area contributed by atoms with Crippen LogP contribution in [0.4, 0.5) is 0 Å². The van der Waals surface area contributed by atoms with Crippen LogP contribution in [0.3, 0.4) is 0 Å². The van der Waals surface area contributed by atoms with Gasteiger partial charge < -0.3 is 4.74 Å². The van der Waals surface area contributed by atoms with E-state index in [-0.39, 0.29) is 40.2 Å². The number of hydrogen-bond donors (Lipinski definition) is 1. The molecule has 2 aromatic carbocycles. The van der Waals surface area contributed by atoms with Gasteiger partial charge in [-0.3, -0.25) is 9.59 Å². The molecular weight excluding hydrogens is 354 g/mol. The lowest BCUT2D eigenvalue weighted by atomic mass is 9.84. The van der Waals surface area contributed by atoms with E-state index in [0.717, 1.165) is 0 Å². The summed E-state index contributed by atoms with van der Waals surface area (Å²) < 4.78 is 32.8. The van der Waals surface area contributed by atoms with Crippen molar-refractivity contribution in [3.63, 3.8) is 0 Å². The Morgan fingerprint density at radius 3 is 2.12 bits per heavy atom. The third-order valence-corrected chi connectivity index (χ3v) is 5.91. The topological polar surface area (TPSA) is 89.5 Å². The van der Waals surface area contributed by atoms with Crippen molar-refractivity contribution in [3.05, 3.63) is 64.7 Å². The standard InChI is InChI=1S/C19H19NO5S/c1-3-12(11-25-2)20-26(23,24)13-8-9-16-17(10-13)19(22)15-7-5-4-6-14(15)18(16)21/h4-10,12,20H,3,11H2,1-2H3. The Bertz CT molecular complexity index is 981. The summed E-state index contributed by atoms with van der Waals surface area (Å²) in [4.78, 5) is 25.3. The van der Waals surface area contributed by atoms with Crippen LogP contribution < -0.4 is 4.72 Å². The molecule has 1 N–H and O–H groups in total. The average molecular weight is 373 g/mol. The highest BCUT2D eigenvalue weighted by Crippen LogP contribution is 2.29. The molecule has 1 aliphatic rings. The number of nitrogens with one attached hydrogen (secondary N) is 1. The molecule has 1 atom stereocenters. The number of sulfonamides is 1. The van der Waals surface area contributed by atoms with E-state index >= 15 is 0 Å². The molecule has 6 nitrogen and oxygen atoms in total. The number of benzene rings is 2. The van der Waals surface area contributed by atoms with Crippen LogP contribution in [0, 0.1) is 0 Å². The fourth-order valence-electron chi connectivity index (χ4n) is 2.97. The summed E-state index contributed by atoms with van der Waals surface area (Å²) in [6, 6.07) is 10.2. The maximum atomic E-state index is 12.7. The summed E-state index contributed by atoms with van der Waals surface area (Å²) in [5.74, 6) is -0.630. The van der Waals surface area contributed by atoms with Crippen LogP contribution >= 0.6 is 0 Å². The van der Waals surface area contributed by atoms with Crippen LogP contribution in [-0.4, -0.2) is 39.7 Å². The molecule has 7 heteroatoms. The van der Waals surface area contributed by atoms with E-state index in [1.54, 1.807) is 24.3 Å². The Balaban J connectivity index is 2.01. The van der Waals surface area contributed by atoms with E-state index in [0.29, 0.717) is 17.5 Å². The molecule has 1 unspecified atom stereocenters. The first-order chi connectivity index (χ1) is 12.4. The van der Waals surface area contributed by atoms with Gasteiger partial charge in [0, 0.05) is 35.4 Å². The molecule has 0 fully saturated rings. The lowest BCUT2D eigenvalue weighted by Crippen LogP contribution is -2.37. The van der Waals surface area contributed by atoms with Crippen LogP contribution in [-0.2, 0) is 14.8 Å². The fraction of sp³-hybridized carbons (Fsp3) is 0.263. The molecule has 0 radical (unpaired) electrons. The first-order valence-electron chi connectivity index (χ1n) is 8.22. The highest BCUT2D eigenvalue weighted by Gasteiger charge is 2.31. The number of carbonyl (C=O) groups is 2. The summed E-state index contributed by atoms with van der Waals surface area (Å²) in [5.41, 5.74) is 0.955. The van der Waals surface area contributed by atoms with Gasteiger partial charge in [-0.25, -0.2) is 13.1 Å². The Labute approximate surface area is 152 Å². The van der Waals surface area contributed by atoms with Gasteiger partial charge >= 0.3 is 0 Å². The lowest BCUT2D eigenvalue weighted by Gasteiger charge is -2.19. The fourth-order valence-corrected chi connectivity index (χ4v) is 4.30. The van der Waals surface area contributed by atoms with Gasteiger partial charge in [0.05, 0.1) is 11.5 Å². The van der Waals surface area contributed by atoms with Gasteiger partial charge in [-0.15, -0.1) is 0 Å². The summed E-state index contributed by atoms with van der Waals surface area (Å²) in [5, 5.41) is 0. The molecule has 0 bridgehead atoms. The van der Waals surface area contributed by atoms with Crippen molar-refractivity contribution in [3.8, 4) is 0 Å². The van der Waals surface area contributed by atoms with E-state index in [9.17, 15) is 18.0 Å². The average Bonchev–Trinajstić information content (AvgIpc) is 2.65. The SMILES string of the molecule is CCC(COC)NS(=O)(=O)c1ccc2c(c1)C(=O)c1ccccc1C2=O. The number of methoxy groups -OCH3 is 1. The minimum atomic E-state index is -3.84. The predicted octanol–water partition coefficient (Wildman–Crippen LogP) is 2.17. The summed E-state index contributed by atoms with van der Waals surface area (Å²) in [6.07, 6.45) is 0.558. The Kier molecular flexibility index (Phi) is 5.04. The van der Waals surface area contributed by atoms with Gasteiger partial charge in [-0.1, -0.05) is 31.2 Å². The second kappa shape index (κ2) is 7.11. The minimum Gasteiger partial charge on any atom is -0.383 e. The molecule has 0 spiro atoms. The number of ketones is 2. The maximum absolute atomic E-state index is 12.7. The largest absolute Gasteiger partial charge is 0.383 e. The first-order valence-corrected chi connectivity index (χ1v) is 9.71. The van der Waals surface area contributed by atoms with Crippen LogP contribution in [0.2, 0.25) is 0 Å². The molecular formula is C19H19NO5S. The molecule has 2 aromatic rings. The third-order valence-electron chi connectivity index (χ3n) is 4.39. The number of fused-ring (bicyclic) bond motifs is 2. The zero-order chi connectivity index (χ0) is 18.9. The molecule has 0 saturated heterocycles. The van der Waals surface area contributed by atoms with Gasteiger partial charge in [0.2, 0.25) is 10.0 Å². The van der Waals surface area contributed by atoms with Crippen molar-refractivity contribution in [2.75, 3.05) is 13.7 Å². The number of rotatable bonds is 6. The van der Waals surface area contributed by atoms with Crippen LogP contribution in [0.1, 0.15) is 45.2 Å². The normalized spacial score (nSPS) is 14.7. The Morgan fingerprint density at radius 2 is 1.54 bits per heavy atom. The highest BCUT2D eigenvalue weighted by atomic mass is 32.2. The third kappa shape index (κ3) is 3.21. The number of ether oxygens (including phenoxy) is 1. The summed E-state index contributed by atoms with van der Waals surface area (Å²) in [7, 11) is -2.34. The second-order valence-electron chi connectivity index (χ2n) is 6.09. The summed E-state index contributed by atoms with van der Waals surface area (Å²) in [6.45, 7) is 2.09. The van der Waals surface area contributed by atoms with E-state index in [1.807, 2.05) is 6.92 Å². The smallest absolute Gasteiger partial charge is 0.240 e. The quantitative estimate of drug-likeness (QED) is 0.715. The van der Waals surface area contributed by atoms with Crippen molar-refractivity contribution in [1.29, 1.82) is 0 Å². The number of hydrogen-bond acceptors (Lipinski definition) is 5.